The van der Waals surface area contributed by atoms with Crippen LogP contribution in [-0.2, 0) is 6.54 Å². The number of aryl methyl sites for hydroxylation is 1. The molecular formula is C11H12N2S. The average Bonchev–Trinajstić information content (AvgIpc) is 2.67. The molecule has 0 radical (unpaired) electrons. The summed E-state index contributed by atoms with van der Waals surface area (Å²) in [5.41, 5.74) is 1.23. The smallest absolute Gasteiger partial charge is 0.126 e. The van der Waals surface area contributed by atoms with Gasteiger partial charge in [-0.25, -0.2) is 4.98 Å². The highest BCUT2D eigenvalue weighted by Gasteiger charge is 1.95. The minimum atomic E-state index is 0.855. The third kappa shape index (κ3) is 2.33. The van der Waals surface area contributed by atoms with Crippen molar-refractivity contribution >= 4 is 17.2 Å². The van der Waals surface area contributed by atoms with Crippen molar-refractivity contribution in [2.75, 3.05) is 5.32 Å². The molecule has 0 aliphatic rings. The van der Waals surface area contributed by atoms with Crippen molar-refractivity contribution in [3.05, 3.63) is 46.3 Å². The molecule has 3 heteroatoms. The average molecular weight is 204 g/mol. The van der Waals surface area contributed by atoms with Crippen molar-refractivity contribution in [3.8, 4) is 0 Å². The molecule has 1 N–H and O–H groups in total. The van der Waals surface area contributed by atoms with E-state index in [4.69, 9.17) is 0 Å². The summed E-state index contributed by atoms with van der Waals surface area (Å²) in [5.74, 6) is 0.943. The van der Waals surface area contributed by atoms with Crippen LogP contribution in [0.5, 0.6) is 0 Å². The number of nitrogens with zero attached hydrogens (tertiary/aromatic N) is 1. The molecule has 14 heavy (non-hydrogen) atoms. The fraction of sp³-hybridized carbons (Fsp3) is 0.182. The zero-order valence-corrected chi connectivity index (χ0v) is 8.84. The number of rotatable bonds is 3. The lowest BCUT2D eigenvalue weighted by Gasteiger charge is -2.03. The van der Waals surface area contributed by atoms with E-state index in [0.29, 0.717) is 0 Å². The molecule has 2 rings (SSSR count). The molecule has 0 aliphatic heterocycles. The van der Waals surface area contributed by atoms with Crippen molar-refractivity contribution in [2.24, 2.45) is 0 Å². The summed E-state index contributed by atoms with van der Waals surface area (Å²) in [7, 11) is 0. The molecule has 0 saturated carbocycles. The Kier molecular flexibility index (Phi) is 2.79. The van der Waals surface area contributed by atoms with Crippen LogP contribution in [0.1, 0.15) is 10.4 Å². The van der Waals surface area contributed by atoms with Gasteiger partial charge in [0, 0.05) is 11.1 Å². The van der Waals surface area contributed by atoms with Gasteiger partial charge in [0.1, 0.15) is 5.82 Å². The Morgan fingerprint density at radius 3 is 3.07 bits per heavy atom. The summed E-state index contributed by atoms with van der Waals surface area (Å²) in [6, 6.07) is 8.22. The maximum atomic E-state index is 4.23. The maximum Gasteiger partial charge on any atom is 0.126 e. The molecule has 0 bridgehead atoms. The minimum absolute atomic E-state index is 0.855. The normalized spacial score (nSPS) is 10.1. The zero-order valence-electron chi connectivity index (χ0n) is 8.03. The Balaban J connectivity index is 1.98. The van der Waals surface area contributed by atoms with Crippen LogP contribution in [0.15, 0.2) is 35.8 Å². The topological polar surface area (TPSA) is 24.9 Å². The molecule has 72 valence electrons. The highest BCUT2D eigenvalue weighted by atomic mass is 32.1. The van der Waals surface area contributed by atoms with Crippen LogP contribution >= 0.6 is 11.3 Å². The number of aromatic nitrogens is 1. The van der Waals surface area contributed by atoms with E-state index < -0.39 is 0 Å². The van der Waals surface area contributed by atoms with Crippen LogP contribution < -0.4 is 5.32 Å². The third-order valence-electron chi connectivity index (χ3n) is 1.94. The Bertz CT molecular complexity index is 395. The first-order valence-electron chi connectivity index (χ1n) is 4.53. The minimum Gasteiger partial charge on any atom is -0.365 e. The Hall–Kier alpha value is -1.35. The lowest BCUT2D eigenvalue weighted by atomic mass is 10.3. The summed E-state index contributed by atoms with van der Waals surface area (Å²) >= 11 is 1.76. The van der Waals surface area contributed by atoms with Gasteiger partial charge in [0.25, 0.3) is 0 Å². The van der Waals surface area contributed by atoms with Crippen LogP contribution in [0.4, 0.5) is 5.82 Å². The number of hydrogen-bond acceptors (Lipinski definition) is 3. The molecule has 2 aromatic rings. The second-order valence-corrected chi connectivity index (χ2v) is 4.18. The molecule has 0 fully saturated rings. The van der Waals surface area contributed by atoms with Crippen LogP contribution in [-0.4, -0.2) is 4.98 Å². The SMILES string of the molecule is Cc1ccnc(NCc2cccs2)c1. The van der Waals surface area contributed by atoms with E-state index in [1.54, 1.807) is 11.3 Å². The standard InChI is InChI=1S/C11H12N2S/c1-9-4-5-12-11(7-9)13-8-10-3-2-6-14-10/h2-7H,8H2,1H3,(H,12,13). The predicted molar refractivity (Wildman–Crippen MR) is 60.6 cm³/mol. The third-order valence-corrected chi connectivity index (χ3v) is 2.82. The highest BCUT2D eigenvalue weighted by Crippen LogP contribution is 2.11. The van der Waals surface area contributed by atoms with Gasteiger partial charge in [-0.2, -0.15) is 0 Å². The van der Waals surface area contributed by atoms with Crippen LogP contribution in [0.3, 0.4) is 0 Å². The quantitative estimate of drug-likeness (QED) is 0.831. The van der Waals surface area contributed by atoms with Crippen LogP contribution in [0, 0.1) is 6.92 Å². The first-order chi connectivity index (χ1) is 6.84. The number of anilines is 1. The van der Waals surface area contributed by atoms with Gasteiger partial charge in [-0.3, -0.25) is 0 Å². The molecule has 0 saturated heterocycles. The molecule has 0 spiro atoms. The van der Waals surface area contributed by atoms with Gasteiger partial charge in [0.05, 0.1) is 6.54 Å². The van der Waals surface area contributed by atoms with Crippen molar-refractivity contribution < 1.29 is 0 Å². The van der Waals surface area contributed by atoms with Gasteiger partial charge < -0.3 is 5.32 Å². The molecule has 0 atom stereocenters. The van der Waals surface area contributed by atoms with Crippen molar-refractivity contribution in [2.45, 2.75) is 13.5 Å². The maximum absolute atomic E-state index is 4.23. The second kappa shape index (κ2) is 4.24. The van der Waals surface area contributed by atoms with E-state index in [1.165, 1.54) is 10.4 Å². The Morgan fingerprint density at radius 2 is 2.36 bits per heavy atom. The van der Waals surface area contributed by atoms with Gasteiger partial charge in [0.2, 0.25) is 0 Å². The van der Waals surface area contributed by atoms with E-state index in [2.05, 4.69) is 34.7 Å². The highest BCUT2D eigenvalue weighted by molar-refractivity contribution is 7.09. The van der Waals surface area contributed by atoms with Gasteiger partial charge in [-0.05, 0) is 36.1 Å². The summed E-state index contributed by atoms with van der Waals surface area (Å²) in [4.78, 5) is 5.56. The Labute approximate surface area is 87.6 Å². The van der Waals surface area contributed by atoms with Gasteiger partial charge >= 0.3 is 0 Å². The summed E-state index contributed by atoms with van der Waals surface area (Å²) in [6.45, 7) is 2.92. The van der Waals surface area contributed by atoms with E-state index in [9.17, 15) is 0 Å². The number of hydrogen-bond donors (Lipinski definition) is 1. The fourth-order valence-electron chi connectivity index (χ4n) is 1.22. The lowest BCUT2D eigenvalue weighted by molar-refractivity contribution is 1.13. The van der Waals surface area contributed by atoms with Crippen molar-refractivity contribution in [3.63, 3.8) is 0 Å². The van der Waals surface area contributed by atoms with Gasteiger partial charge in [-0.15, -0.1) is 11.3 Å². The Morgan fingerprint density at radius 1 is 1.43 bits per heavy atom. The first-order valence-corrected chi connectivity index (χ1v) is 5.41. The molecule has 0 aliphatic carbocycles. The molecule has 2 heterocycles. The molecule has 0 unspecified atom stereocenters. The first kappa shape index (κ1) is 9.21. The largest absolute Gasteiger partial charge is 0.365 e. The van der Waals surface area contributed by atoms with E-state index in [-0.39, 0.29) is 0 Å². The van der Waals surface area contributed by atoms with Crippen molar-refractivity contribution in [1.82, 2.24) is 4.98 Å². The summed E-state index contributed by atoms with van der Waals surface area (Å²) < 4.78 is 0. The van der Waals surface area contributed by atoms with Crippen LogP contribution in [0.25, 0.3) is 0 Å². The zero-order chi connectivity index (χ0) is 9.80. The number of nitrogens with one attached hydrogen (secondary N) is 1. The van der Waals surface area contributed by atoms with Crippen molar-refractivity contribution in [1.29, 1.82) is 0 Å². The molecule has 2 nitrogen and oxygen atoms in total. The van der Waals surface area contributed by atoms with Gasteiger partial charge in [-0.1, -0.05) is 6.07 Å². The summed E-state index contributed by atoms with van der Waals surface area (Å²) in [6.07, 6.45) is 1.83. The number of pyridine rings is 1. The lowest BCUT2D eigenvalue weighted by Crippen LogP contribution is -1.99. The molecular weight excluding hydrogens is 192 g/mol. The second-order valence-electron chi connectivity index (χ2n) is 3.15. The monoisotopic (exact) mass is 204 g/mol. The summed E-state index contributed by atoms with van der Waals surface area (Å²) in [5, 5.41) is 5.37. The van der Waals surface area contributed by atoms with Crippen LogP contribution in [0.2, 0.25) is 0 Å². The van der Waals surface area contributed by atoms with Gasteiger partial charge in [0.15, 0.2) is 0 Å². The van der Waals surface area contributed by atoms with E-state index in [0.717, 1.165) is 12.4 Å². The fourth-order valence-corrected chi connectivity index (χ4v) is 1.87. The predicted octanol–water partition coefficient (Wildman–Crippen LogP) is 3.06. The molecule has 2 aromatic heterocycles. The number of thiophene rings is 1. The molecule has 0 amide bonds. The van der Waals surface area contributed by atoms with E-state index in [1.807, 2.05) is 18.3 Å². The van der Waals surface area contributed by atoms with E-state index >= 15 is 0 Å². The molecule has 0 aromatic carbocycles.